The average Bonchev–Trinajstić information content (AvgIpc) is 3.39. The Bertz CT molecular complexity index is 1610. The van der Waals surface area contributed by atoms with E-state index in [0.29, 0.717) is 13.2 Å². The maximum atomic E-state index is 11.4. The highest BCUT2D eigenvalue weighted by molar-refractivity contribution is 5.86. The number of anilines is 3. The van der Waals surface area contributed by atoms with Gasteiger partial charge in [-0.15, -0.1) is 0 Å². The fourth-order valence-corrected chi connectivity index (χ4v) is 6.68. The SMILES string of the molecule is C=CC(=O)OCCCc1ccc(N(c2ccc(CCCOC(=O)C=C)cc2)c2ccc3c(c2)C(CC)(CC)c2ccccc2-3)cc1. The number of aryl methyl sites for hydroxylation is 2. The Morgan fingerprint density at radius 2 is 1.13 bits per heavy atom. The summed E-state index contributed by atoms with van der Waals surface area (Å²) in [6.45, 7) is 12.2. The molecule has 0 radical (unpaired) electrons. The molecular weight excluding hydrogens is 570 g/mol. The van der Waals surface area contributed by atoms with E-state index in [4.69, 9.17) is 9.47 Å². The van der Waals surface area contributed by atoms with Gasteiger partial charge in [0.05, 0.1) is 13.2 Å². The van der Waals surface area contributed by atoms with E-state index in [2.05, 4.69) is 123 Å². The topological polar surface area (TPSA) is 55.8 Å². The normalized spacial score (nSPS) is 12.5. The zero-order valence-corrected chi connectivity index (χ0v) is 27.0. The van der Waals surface area contributed by atoms with Gasteiger partial charge in [0, 0.05) is 34.6 Å². The Labute approximate surface area is 273 Å². The fourth-order valence-electron chi connectivity index (χ4n) is 6.68. The van der Waals surface area contributed by atoms with Gasteiger partial charge in [0.25, 0.3) is 0 Å². The van der Waals surface area contributed by atoms with E-state index in [1.807, 2.05) is 0 Å². The van der Waals surface area contributed by atoms with Gasteiger partial charge in [0.1, 0.15) is 0 Å². The smallest absolute Gasteiger partial charge is 0.330 e. The molecule has 46 heavy (non-hydrogen) atoms. The van der Waals surface area contributed by atoms with Crippen LogP contribution < -0.4 is 4.90 Å². The van der Waals surface area contributed by atoms with Crippen molar-refractivity contribution < 1.29 is 19.1 Å². The van der Waals surface area contributed by atoms with Crippen LogP contribution >= 0.6 is 0 Å². The van der Waals surface area contributed by atoms with Gasteiger partial charge < -0.3 is 14.4 Å². The molecule has 0 aliphatic heterocycles. The van der Waals surface area contributed by atoms with Gasteiger partial charge in [-0.25, -0.2) is 9.59 Å². The molecular formula is C41H43NO4. The summed E-state index contributed by atoms with van der Waals surface area (Å²) in [6.07, 6.45) is 7.58. The minimum Gasteiger partial charge on any atom is -0.463 e. The van der Waals surface area contributed by atoms with Crippen LogP contribution in [0.3, 0.4) is 0 Å². The highest BCUT2D eigenvalue weighted by atomic mass is 16.5. The summed E-state index contributed by atoms with van der Waals surface area (Å²) in [7, 11) is 0. The molecule has 5 heteroatoms. The molecule has 0 spiro atoms. The van der Waals surface area contributed by atoms with Crippen molar-refractivity contribution in [3.63, 3.8) is 0 Å². The predicted molar refractivity (Wildman–Crippen MR) is 187 cm³/mol. The van der Waals surface area contributed by atoms with Gasteiger partial charge >= 0.3 is 11.9 Å². The van der Waals surface area contributed by atoms with Gasteiger partial charge in [0.15, 0.2) is 0 Å². The minimum atomic E-state index is -0.388. The van der Waals surface area contributed by atoms with E-state index in [-0.39, 0.29) is 17.4 Å². The van der Waals surface area contributed by atoms with Crippen LogP contribution in [0.4, 0.5) is 17.1 Å². The Morgan fingerprint density at radius 3 is 1.63 bits per heavy atom. The number of nitrogens with zero attached hydrogens (tertiary/aromatic N) is 1. The molecule has 0 fully saturated rings. The number of hydrogen-bond acceptors (Lipinski definition) is 5. The third kappa shape index (κ3) is 6.84. The van der Waals surface area contributed by atoms with E-state index in [0.717, 1.165) is 55.6 Å². The summed E-state index contributed by atoms with van der Waals surface area (Å²) < 4.78 is 10.3. The molecule has 0 saturated carbocycles. The zero-order valence-electron chi connectivity index (χ0n) is 27.0. The second-order valence-electron chi connectivity index (χ2n) is 11.7. The summed E-state index contributed by atoms with van der Waals surface area (Å²) in [6, 6.07) is 33.1. The first-order valence-corrected chi connectivity index (χ1v) is 16.2. The maximum Gasteiger partial charge on any atom is 0.330 e. The molecule has 0 amide bonds. The molecule has 0 unspecified atom stereocenters. The minimum absolute atomic E-state index is 0.0224. The molecule has 0 aromatic heterocycles. The summed E-state index contributed by atoms with van der Waals surface area (Å²) in [5, 5.41) is 0. The van der Waals surface area contributed by atoms with E-state index in [1.54, 1.807) is 0 Å². The molecule has 0 atom stereocenters. The molecule has 4 aromatic rings. The first kappa shape index (κ1) is 32.5. The van der Waals surface area contributed by atoms with Crippen LogP contribution in [0.2, 0.25) is 0 Å². The Kier molecular flexibility index (Phi) is 10.5. The summed E-state index contributed by atoms with van der Waals surface area (Å²) in [5.41, 5.74) is 11.1. The van der Waals surface area contributed by atoms with Crippen molar-refractivity contribution in [2.45, 2.75) is 57.8 Å². The standard InChI is InChI=1S/C41H43NO4/c1-5-39(43)45-27-11-13-30-17-21-32(22-18-30)42(33-23-19-31(20-24-33)14-12-28-46-40(44)6-2)34-25-26-36-35-15-9-10-16-37(35)41(7-3,8-4)38(36)29-34/h5-6,9-10,15-26,29H,1-2,7-8,11-14,27-28H2,3-4H3. The van der Waals surface area contributed by atoms with Crippen LogP contribution in [0.5, 0.6) is 0 Å². The third-order valence-corrected chi connectivity index (χ3v) is 9.15. The van der Waals surface area contributed by atoms with E-state index in [1.165, 1.54) is 45.5 Å². The van der Waals surface area contributed by atoms with Crippen molar-refractivity contribution in [3.8, 4) is 11.1 Å². The molecule has 5 rings (SSSR count). The first-order chi connectivity index (χ1) is 22.4. The summed E-state index contributed by atoms with van der Waals surface area (Å²) in [4.78, 5) is 25.1. The van der Waals surface area contributed by atoms with Crippen LogP contribution in [0.25, 0.3) is 11.1 Å². The number of carbonyl (C=O) groups excluding carboxylic acids is 2. The number of esters is 2. The van der Waals surface area contributed by atoms with Crippen LogP contribution in [0.1, 0.15) is 61.8 Å². The number of fused-ring (bicyclic) bond motifs is 3. The lowest BCUT2D eigenvalue weighted by molar-refractivity contribution is -0.138. The van der Waals surface area contributed by atoms with E-state index >= 15 is 0 Å². The number of benzene rings is 4. The van der Waals surface area contributed by atoms with Crippen LogP contribution in [-0.4, -0.2) is 25.2 Å². The van der Waals surface area contributed by atoms with Gasteiger partial charge in [-0.3, -0.25) is 0 Å². The second kappa shape index (κ2) is 14.9. The molecule has 1 aliphatic carbocycles. The molecule has 4 aromatic carbocycles. The highest BCUT2D eigenvalue weighted by Gasteiger charge is 2.40. The fraction of sp³-hybridized carbons (Fsp3) is 0.268. The highest BCUT2D eigenvalue weighted by Crippen LogP contribution is 2.54. The first-order valence-electron chi connectivity index (χ1n) is 16.2. The van der Waals surface area contributed by atoms with Crippen molar-refractivity contribution in [3.05, 3.63) is 139 Å². The summed E-state index contributed by atoms with van der Waals surface area (Å²) in [5.74, 6) is -0.776. The van der Waals surface area contributed by atoms with Gasteiger partial charge in [0.2, 0.25) is 0 Å². The monoisotopic (exact) mass is 613 g/mol. The number of ether oxygens (including phenoxy) is 2. The number of rotatable bonds is 15. The molecule has 1 aliphatic rings. The predicted octanol–water partition coefficient (Wildman–Crippen LogP) is 9.57. The van der Waals surface area contributed by atoms with Gasteiger partial charge in [-0.2, -0.15) is 0 Å². The van der Waals surface area contributed by atoms with Crippen molar-refractivity contribution in [2.75, 3.05) is 18.1 Å². The van der Waals surface area contributed by atoms with E-state index < -0.39 is 0 Å². The van der Waals surface area contributed by atoms with Crippen LogP contribution in [0.15, 0.2) is 116 Å². The molecule has 236 valence electrons. The van der Waals surface area contributed by atoms with Crippen molar-refractivity contribution in [1.82, 2.24) is 0 Å². The Hall–Kier alpha value is -4.90. The molecule has 0 bridgehead atoms. The lowest BCUT2D eigenvalue weighted by Crippen LogP contribution is -2.23. The lowest BCUT2D eigenvalue weighted by Gasteiger charge is -2.31. The van der Waals surface area contributed by atoms with Gasteiger partial charge in [-0.1, -0.05) is 81.6 Å². The second-order valence-corrected chi connectivity index (χ2v) is 11.7. The molecule has 5 nitrogen and oxygen atoms in total. The maximum absolute atomic E-state index is 11.4. The quantitative estimate of drug-likeness (QED) is 0.0759. The van der Waals surface area contributed by atoms with Gasteiger partial charge in [-0.05, 0) is 108 Å². The molecule has 0 saturated heterocycles. The zero-order chi connectivity index (χ0) is 32.5. The lowest BCUT2D eigenvalue weighted by atomic mass is 9.74. The van der Waals surface area contributed by atoms with E-state index in [9.17, 15) is 9.59 Å². The number of hydrogen-bond donors (Lipinski definition) is 0. The third-order valence-electron chi connectivity index (χ3n) is 9.15. The van der Waals surface area contributed by atoms with Crippen LogP contribution in [0, 0.1) is 0 Å². The largest absolute Gasteiger partial charge is 0.463 e. The van der Waals surface area contributed by atoms with Crippen molar-refractivity contribution in [1.29, 1.82) is 0 Å². The molecule has 0 heterocycles. The van der Waals surface area contributed by atoms with Crippen LogP contribution in [-0.2, 0) is 37.3 Å². The Morgan fingerprint density at radius 1 is 0.652 bits per heavy atom. The average molecular weight is 614 g/mol. The number of carbonyl (C=O) groups is 2. The van der Waals surface area contributed by atoms with Crippen molar-refractivity contribution >= 4 is 29.0 Å². The summed E-state index contributed by atoms with van der Waals surface area (Å²) >= 11 is 0. The Balaban J connectivity index is 1.46. The van der Waals surface area contributed by atoms with Crippen molar-refractivity contribution in [2.24, 2.45) is 0 Å². The molecule has 0 N–H and O–H groups in total.